The molecule has 0 aliphatic carbocycles. The molecule has 0 aromatic heterocycles. The van der Waals surface area contributed by atoms with E-state index < -0.39 is 0 Å². The van der Waals surface area contributed by atoms with Gasteiger partial charge in [0.25, 0.3) is 0 Å². The smallest absolute Gasteiger partial charge is 0.189 e. The number of ketones is 1. The molecule has 10 heavy (non-hydrogen) atoms. The molecule has 0 aliphatic heterocycles. The van der Waals surface area contributed by atoms with Crippen LogP contribution in [-0.2, 0) is 9.59 Å². The highest BCUT2D eigenvalue weighted by molar-refractivity contribution is 7.96. The normalized spacial score (nSPS) is 11.5. The first kappa shape index (κ1) is 12.6. The Bertz CT molecular complexity index is 136. The van der Waals surface area contributed by atoms with E-state index in [0.717, 1.165) is 0 Å². The predicted octanol–water partition coefficient (Wildman–Crippen LogP) is 1.48. The first-order chi connectivity index (χ1) is 4.04. The van der Waals surface area contributed by atoms with Crippen LogP contribution >= 0.6 is 25.0 Å². The van der Waals surface area contributed by atoms with Gasteiger partial charge in [-0.25, -0.2) is 0 Å². The summed E-state index contributed by atoms with van der Waals surface area (Å²) in [6.45, 7) is 3.16. The Hall–Kier alpha value is -0.0200. The second-order valence-corrected chi connectivity index (χ2v) is 2.59. The fraction of sp³-hybridized carbons (Fsp3) is 0.667. The molecule has 0 heterocycles. The van der Waals surface area contributed by atoms with E-state index in [1.54, 1.807) is 6.92 Å². The maximum absolute atomic E-state index is 10.4. The van der Waals surface area contributed by atoms with Crippen molar-refractivity contribution in [1.82, 2.24) is 0 Å². The number of halogens is 1. The summed E-state index contributed by atoms with van der Waals surface area (Å²) < 4.78 is 0. The van der Waals surface area contributed by atoms with Crippen LogP contribution in [0.5, 0.6) is 0 Å². The molecule has 4 heteroatoms. The first-order valence-electron chi connectivity index (χ1n) is 2.76. The molecule has 0 N–H and O–H groups in total. The Kier molecular flexibility index (Phi) is 7.26. The molecule has 0 bridgehead atoms. The molecule has 0 amide bonds. The lowest BCUT2D eigenvalue weighted by atomic mass is 10.1. The zero-order valence-corrected chi connectivity index (χ0v) is 7.67. The van der Waals surface area contributed by atoms with Gasteiger partial charge in [-0.3, -0.25) is 4.79 Å². The predicted molar refractivity (Wildman–Crippen MR) is 45.7 cm³/mol. The molecule has 60 valence electrons. The van der Waals surface area contributed by atoms with Gasteiger partial charge in [-0.2, -0.15) is 0 Å². The van der Waals surface area contributed by atoms with Gasteiger partial charge in [0.15, 0.2) is 5.12 Å². The van der Waals surface area contributed by atoms with Crippen LogP contribution in [0.15, 0.2) is 0 Å². The highest BCUT2D eigenvalue weighted by Gasteiger charge is 2.09. The van der Waals surface area contributed by atoms with Crippen molar-refractivity contribution in [3.8, 4) is 0 Å². The summed E-state index contributed by atoms with van der Waals surface area (Å²) in [5.74, 6) is -0.198. The minimum atomic E-state index is -0.231. The molecule has 0 spiro atoms. The summed E-state index contributed by atoms with van der Waals surface area (Å²) in [6, 6.07) is 0. The van der Waals surface area contributed by atoms with Crippen molar-refractivity contribution in [2.45, 2.75) is 20.3 Å². The van der Waals surface area contributed by atoms with Gasteiger partial charge in [0.2, 0.25) is 0 Å². The minimum absolute atomic E-state index is 0. The molecule has 1 unspecified atom stereocenters. The van der Waals surface area contributed by atoms with Crippen LogP contribution in [0.25, 0.3) is 0 Å². The number of Topliss-reactive ketones (excluding diaryl/α,β-unsaturated/α-hetero) is 1. The molecule has 0 aliphatic rings. The van der Waals surface area contributed by atoms with Crippen molar-refractivity contribution in [2.75, 3.05) is 0 Å². The fourth-order valence-electron chi connectivity index (χ4n) is 0.518. The van der Waals surface area contributed by atoms with Crippen molar-refractivity contribution < 1.29 is 9.59 Å². The molecule has 2 nitrogen and oxygen atoms in total. The fourth-order valence-corrected chi connectivity index (χ4v) is 0.610. The second-order valence-electron chi connectivity index (χ2n) is 2.15. The van der Waals surface area contributed by atoms with Crippen LogP contribution in [0.4, 0.5) is 0 Å². The van der Waals surface area contributed by atoms with Crippen molar-refractivity contribution in [3.63, 3.8) is 0 Å². The summed E-state index contributed by atoms with van der Waals surface area (Å²) in [6.07, 6.45) is 0.308. The van der Waals surface area contributed by atoms with Crippen LogP contribution in [0.3, 0.4) is 0 Å². The second kappa shape index (κ2) is 5.74. The van der Waals surface area contributed by atoms with E-state index in [1.807, 2.05) is 0 Å². The summed E-state index contributed by atoms with van der Waals surface area (Å²) in [7, 11) is 0. The van der Waals surface area contributed by atoms with E-state index in [0.29, 0.717) is 6.42 Å². The van der Waals surface area contributed by atoms with E-state index in [9.17, 15) is 9.59 Å². The molecule has 0 fully saturated rings. The molecule has 0 saturated carbocycles. The molecule has 1 atom stereocenters. The van der Waals surface area contributed by atoms with Crippen molar-refractivity contribution in [2.24, 2.45) is 5.92 Å². The highest BCUT2D eigenvalue weighted by atomic mass is 35.5. The maximum Gasteiger partial charge on any atom is 0.189 e. The Morgan fingerprint density at radius 2 is 1.90 bits per heavy atom. The van der Waals surface area contributed by atoms with Gasteiger partial charge in [-0.1, -0.05) is 6.92 Å². The van der Waals surface area contributed by atoms with Gasteiger partial charge in [0.05, 0.1) is 0 Å². The monoisotopic (exact) mass is 182 g/mol. The van der Waals surface area contributed by atoms with Crippen LogP contribution in [0, 0.1) is 5.92 Å². The Morgan fingerprint density at radius 1 is 1.50 bits per heavy atom. The van der Waals surface area contributed by atoms with E-state index in [4.69, 9.17) is 0 Å². The van der Waals surface area contributed by atoms with E-state index in [2.05, 4.69) is 12.6 Å². The lowest BCUT2D eigenvalue weighted by Crippen LogP contribution is -2.07. The van der Waals surface area contributed by atoms with Gasteiger partial charge in [0, 0.05) is 12.3 Å². The van der Waals surface area contributed by atoms with Gasteiger partial charge in [0.1, 0.15) is 5.78 Å². The molecular weight excluding hydrogens is 172 g/mol. The van der Waals surface area contributed by atoms with Crippen LogP contribution in [-0.4, -0.2) is 10.9 Å². The van der Waals surface area contributed by atoms with E-state index in [-0.39, 0.29) is 29.2 Å². The van der Waals surface area contributed by atoms with Gasteiger partial charge < -0.3 is 4.79 Å². The SMILES string of the molecule is CC(=O)CC(C)C(=O)S.Cl. The number of hydrogen-bond acceptors (Lipinski definition) is 2. The number of carbonyl (C=O) groups is 2. The quantitative estimate of drug-likeness (QED) is 0.671. The summed E-state index contributed by atoms with van der Waals surface area (Å²) in [5.41, 5.74) is 0. The number of rotatable bonds is 3. The summed E-state index contributed by atoms with van der Waals surface area (Å²) in [4.78, 5) is 20.8. The van der Waals surface area contributed by atoms with E-state index in [1.165, 1.54) is 6.92 Å². The molecule has 0 saturated heterocycles. The van der Waals surface area contributed by atoms with Crippen LogP contribution in [0.2, 0.25) is 0 Å². The minimum Gasteiger partial charge on any atom is -0.300 e. The third-order valence-electron chi connectivity index (χ3n) is 1.02. The van der Waals surface area contributed by atoms with E-state index >= 15 is 0 Å². The zero-order chi connectivity index (χ0) is 7.44. The van der Waals surface area contributed by atoms with Crippen molar-refractivity contribution in [3.05, 3.63) is 0 Å². The molecule has 0 aromatic rings. The lowest BCUT2D eigenvalue weighted by molar-refractivity contribution is -0.121. The third kappa shape index (κ3) is 6.11. The molecule has 0 radical (unpaired) electrons. The van der Waals surface area contributed by atoms with Crippen molar-refractivity contribution >= 4 is 35.9 Å². The summed E-state index contributed by atoms with van der Waals surface area (Å²) >= 11 is 3.58. The average molecular weight is 183 g/mol. The molecule has 0 rings (SSSR count). The average Bonchev–Trinajstić information content (AvgIpc) is 1.63. The Labute approximate surface area is 72.2 Å². The van der Waals surface area contributed by atoms with Gasteiger partial charge >= 0.3 is 0 Å². The number of hydrogen-bond donors (Lipinski definition) is 1. The van der Waals surface area contributed by atoms with Gasteiger partial charge in [-0.15, -0.1) is 25.0 Å². The number of thiol groups is 1. The summed E-state index contributed by atoms with van der Waals surface area (Å²) in [5, 5.41) is -0.217. The maximum atomic E-state index is 10.4. The van der Waals surface area contributed by atoms with Gasteiger partial charge in [-0.05, 0) is 6.92 Å². The van der Waals surface area contributed by atoms with Crippen molar-refractivity contribution in [1.29, 1.82) is 0 Å². The molecular formula is C6H11ClO2S. The first-order valence-corrected chi connectivity index (χ1v) is 3.21. The Balaban J connectivity index is 0. The van der Waals surface area contributed by atoms with Crippen LogP contribution in [0.1, 0.15) is 20.3 Å². The third-order valence-corrected chi connectivity index (χ3v) is 1.46. The topological polar surface area (TPSA) is 34.1 Å². The van der Waals surface area contributed by atoms with Crippen LogP contribution < -0.4 is 0 Å². The molecule has 0 aromatic carbocycles. The standard InChI is InChI=1S/C6H10O2S.ClH/c1-4(6(8)9)3-5(2)7;/h4H,3H2,1-2H3,(H,8,9);1H. The Morgan fingerprint density at radius 3 is 2.00 bits per heavy atom. The number of carbonyl (C=O) groups excluding carboxylic acids is 2. The largest absolute Gasteiger partial charge is 0.300 e. The zero-order valence-electron chi connectivity index (χ0n) is 5.96. The lowest BCUT2D eigenvalue weighted by Gasteiger charge is -2.00. The highest BCUT2D eigenvalue weighted by Crippen LogP contribution is 2.05.